The highest BCUT2D eigenvalue weighted by molar-refractivity contribution is 6.30. The Labute approximate surface area is 192 Å². The zero-order valence-corrected chi connectivity index (χ0v) is 18.5. The lowest BCUT2D eigenvalue weighted by Gasteiger charge is -2.59. The second-order valence-corrected chi connectivity index (χ2v) is 8.81. The van der Waals surface area contributed by atoms with Gasteiger partial charge in [0.2, 0.25) is 5.91 Å². The first-order valence-corrected chi connectivity index (χ1v) is 10.6. The number of alkyl halides is 2. The van der Waals surface area contributed by atoms with Crippen molar-refractivity contribution < 1.29 is 22.8 Å². The number of hydrogen-bond donors (Lipinski definition) is 0. The fourth-order valence-corrected chi connectivity index (χ4v) is 4.71. The summed E-state index contributed by atoms with van der Waals surface area (Å²) in [4.78, 5) is 34.6. The summed E-state index contributed by atoms with van der Waals surface area (Å²) in [5.74, 6) is -2.19. The largest absolute Gasteiger partial charge is 0.317 e. The number of carbonyl (C=O) groups is 2. The van der Waals surface area contributed by atoms with E-state index in [-0.39, 0.29) is 23.9 Å². The highest BCUT2D eigenvalue weighted by Crippen LogP contribution is 2.41. The summed E-state index contributed by atoms with van der Waals surface area (Å²) in [5, 5.41) is 0.556. The van der Waals surface area contributed by atoms with Gasteiger partial charge in [-0.3, -0.25) is 19.4 Å². The van der Waals surface area contributed by atoms with Gasteiger partial charge in [0.1, 0.15) is 12.1 Å². The van der Waals surface area contributed by atoms with Crippen molar-refractivity contribution in [1.82, 2.24) is 14.8 Å². The number of benzene rings is 1. The minimum Gasteiger partial charge on any atom is -0.317 e. The van der Waals surface area contributed by atoms with Crippen LogP contribution in [0.4, 0.5) is 19.0 Å². The first-order valence-electron chi connectivity index (χ1n) is 9.83. The molecule has 0 aliphatic carbocycles. The van der Waals surface area contributed by atoms with E-state index in [0.717, 1.165) is 16.5 Å². The molecule has 1 aromatic carbocycles. The van der Waals surface area contributed by atoms with Crippen LogP contribution < -0.4 is 4.90 Å². The summed E-state index contributed by atoms with van der Waals surface area (Å²) >= 11 is 11.7. The zero-order valence-electron chi connectivity index (χ0n) is 16.9. The normalized spacial score (nSPS) is 19.6. The van der Waals surface area contributed by atoms with Crippen molar-refractivity contribution in [3.63, 3.8) is 0 Å². The van der Waals surface area contributed by atoms with Crippen molar-refractivity contribution in [2.75, 3.05) is 31.1 Å². The number of pyridine rings is 1. The molecule has 32 heavy (non-hydrogen) atoms. The van der Waals surface area contributed by atoms with Crippen LogP contribution in [-0.4, -0.2) is 64.7 Å². The van der Waals surface area contributed by atoms with Crippen LogP contribution >= 0.6 is 23.2 Å². The highest BCUT2D eigenvalue weighted by Gasteiger charge is 2.61. The quantitative estimate of drug-likeness (QED) is 0.645. The molecule has 1 spiro atoms. The standard InChI is InChI=1S/C21H19Cl2F3N4O2/c1-12(13-2-4-14(22)5-3-13)30-18(31)9-29(19-16(24)6-15(23)7-27-19)20(32)21(30)10-28(11-21)8-17(25)26/h2-7,12,17H,8-11H2,1H3/t12-/m0/s1. The lowest BCUT2D eigenvalue weighted by atomic mass is 9.81. The SMILES string of the molecule is C[C@@H](c1ccc(Cl)cc1)N1C(=O)CN(c2ncc(Cl)cc2F)C(=O)C12CN(CC(F)F)C2. The number of piperazine rings is 1. The predicted molar refractivity (Wildman–Crippen MR) is 113 cm³/mol. The Morgan fingerprint density at radius 2 is 1.78 bits per heavy atom. The maximum absolute atomic E-state index is 14.5. The van der Waals surface area contributed by atoms with Crippen LogP contribution in [0, 0.1) is 5.82 Å². The Bertz CT molecular complexity index is 1050. The van der Waals surface area contributed by atoms with Crippen LogP contribution in [-0.2, 0) is 9.59 Å². The summed E-state index contributed by atoms with van der Waals surface area (Å²) < 4.78 is 40.4. The number of halogens is 5. The minimum absolute atomic E-state index is 0.0430. The van der Waals surface area contributed by atoms with Crippen LogP contribution in [0.1, 0.15) is 18.5 Å². The number of hydrogen-bond acceptors (Lipinski definition) is 4. The Kier molecular flexibility index (Phi) is 6.08. The van der Waals surface area contributed by atoms with Gasteiger partial charge in [0.05, 0.1) is 17.6 Å². The molecule has 0 unspecified atom stereocenters. The highest BCUT2D eigenvalue weighted by atomic mass is 35.5. The van der Waals surface area contributed by atoms with Crippen molar-refractivity contribution in [1.29, 1.82) is 0 Å². The zero-order chi connectivity index (χ0) is 23.2. The molecule has 2 aliphatic heterocycles. The molecule has 2 saturated heterocycles. The third-order valence-corrected chi connectivity index (χ3v) is 6.28. The fourth-order valence-electron chi connectivity index (χ4n) is 4.44. The van der Waals surface area contributed by atoms with Gasteiger partial charge in [-0.2, -0.15) is 0 Å². The van der Waals surface area contributed by atoms with Crippen LogP contribution in [0.5, 0.6) is 0 Å². The molecule has 3 heterocycles. The van der Waals surface area contributed by atoms with Gasteiger partial charge in [0, 0.05) is 24.3 Å². The Hall–Kier alpha value is -2.36. The molecule has 0 N–H and O–H groups in total. The molecule has 4 rings (SSSR count). The lowest BCUT2D eigenvalue weighted by molar-refractivity contribution is -0.169. The number of aromatic nitrogens is 1. The molecule has 0 saturated carbocycles. The van der Waals surface area contributed by atoms with E-state index in [1.54, 1.807) is 31.2 Å². The van der Waals surface area contributed by atoms with Gasteiger partial charge in [-0.25, -0.2) is 18.2 Å². The number of carbonyl (C=O) groups excluding carboxylic acids is 2. The molecule has 2 fully saturated rings. The van der Waals surface area contributed by atoms with Gasteiger partial charge in [-0.1, -0.05) is 35.3 Å². The van der Waals surface area contributed by atoms with Gasteiger partial charge >= 0.3 is 0 Å². The maximum Gasteiger partial charge on any atom is 0.257 e. The van der Waals surface area contributed by atoms with Crippen LogP contribution in [0.25, 0.3) is 0 Å². The molecular formula is C21H19Cl2F3N4O2. The van der Waals surface area contributed by atoms with Gasteiger partial charge < -0.3 is 4.90 Å². The van der Waals surface area contributed by atoms with Gasteiger partial charge in [-0.05, 0) is 30.7 Å². The van der Waals surface area contributed by atoms with E-state index in [4.69, 9.17) is 23.2 Å². The average Bonchev–Trinajstić information content (AvgIpc) is 2.69. The third kappa shape index (κ3) is 3.93. The number of amides is 2. The predicted octanol–water partition coefficient (Wildman–Crippen LogP) is 3.78. The molecule has 1 atom stereocenters. The average molecular weight is 487 g/mol. The second kappa shape index (κ2) is 8.53. The van der Waals surface area contributed by atoms with E-state index in [9.17, 15) is 22.8 Å². The maximum atomic E-state index is 14.5. The van der Waals surface area contributed by atoms with E-state index < -0.39 is 48.7 Å². The van der Waals surface area contributed by atoms with Gasteiger partial charge in [0.25, 0.3) is 12.3 Å². The lowest BCUT2D eigenvalue weighted by Crippen LogP contribution is -2.81. The van der Waals surface area contributed by atoms with Crippen LogP contribution in [0.3, 0.4) is 0 Å². The van der Waals surface area contributed by atoms with E-state index in [2.05, 4.69) is 4.98 Å². The molecular weight excluding hydrogens is 468 g/mol. The number of nitrogens with zero attached hydrogens (tertiary/aromatic N) is 4. The van der Waals surface area contributed by atoms with Crippen molar-refractivity contribution in [2.24, 2.45) is 0 Å². The van der Waals surface area contributed by atoms with Crippen molar-refractivity contribution in [3.8, 4) is 0 Å². The number of anilines is 1. The molecule has 0 bridgehead atoms. The molecule has 0 radical (unpaired) electrons. The second-order valence-electron chi connectivity index (χ2n) is 7.93. The minimum atomic E-state index is -2.59. The first-order chi connectivity index (χ1) is 15.1. The molecule has 170 valence electrons. The molecule has 11 heteroatoms. The van der Waals surface area contributed by atoms with Gasteiger partial charge in [-0.15, -0.1) is 0 Å². The van der Waals surface area contributed by atoms with E-state index in [1.165, 1.54) is 16.0 Å². The van der Waals surface area contributed by atoms with Crippen LogP contribution in [0.2, 0.25) is 10.0 Å². The Morgan fingerprint density at radius 3 is 2.38 bits per heavy atom. The van der Waals surface area contributed by atoms with Gasteiger partial charge in [0.15, 0.2) is 11.6 Å². The smallest absolute Gasteiger partial charge is 0.257 e. The number of likely N-dealkylation sites (tertiary alicyclic amines) is 1. The van der Waals surface area contributed by atoms with Crippen molar-refractivity contribution >= 4 is 40.8 Å². The summed E-state index contributed by atoms with van der Waals surface area (Å²) in [6.07, 6.45) is -1.41. The Balaban J connectivity index is 1.72. The fraction of sp³-hybridized carbons (Fsp3) is 0.381. The summed E-state index contributed by atoms with van der Waals surface area (Å²) in [5.41, 5.74) is -0.691. The third-order valence-electron chi connectivity index (χ3n) is 5.82. The molecule has 2 aliphatic rings. The van der Waals surface area contributed by atoms with Crippen LogP contribution in [0.15, 0.2) is 36.5 Å². The topological polar surface area (TPSA) is 56.8 Å². The molecule has 1 aromatic heterocycles. The summed E-state index contributed by atoms with van der Waals surface area (Å²) in [6, 6.07) is 7.27. The summed E-state index contributed by atoms with van der Waals surface area (Å²) in [7, 11) is 0. The van der Waals surface area contributed by atoms with Crippen molar-refractivity contribution in [2.45, 2.75) is 24.9 Å². The van der Waals surface area contributed by atoms with E-state index in [1.807, 2.05) is 0 Å². The number of rotatable bonds is 5. The molecule has 2 aromatic rings. The summed E-state index contributed by atoms with van der Waals surface area (Å²) in [6.45, 7) is 0.610. The molecule has 6 nitrogen and oxygen atoms in total. The Morgan fingerprint density at radius 1 is 1.12 bits per heavy atom. The first kappa shape index (κ1) is 22.8. The monoisotopic (exact) mass is 486 g/mol. The van der Waals surface area contributed by atoms with E-state index >= 15 is 0 Å². The van der Waals surface area contributed by atoms with E-state index in [0.29, 0.717) is 5.02 Å². The van der Waals surface area contributed by atoms with Crippen molar-refractivity contribution in [3.05, 3.63) is 58.0 Å². The molecule has 2 amide bonds.